The maximum atomic E-state index is 13.0. The van der Waals surface area contributed by atoms with E-state index in [1.54, 1.807) is 7.11 Å². The normalized spacial score (nSPS) is 10.6. The summed E-state index contributed by atoms with van der Waals surface area (Å²) in [5.74, 6) is 1.11. The summed E-state index contributed by atoms with van der Waals surface area (Å²) in [6.07, 6.45) is 2.28. The van der Waals surface area contributed by atoms with Crippen molar-refractivity contribution < 1.29 is 9.53 Å². The highest BCUT2D eigenvalue weighted by Crippen LogP contribution is 2.17. The van der Waals surface area contributed by atoms with Crippen LogP contribution in [-0.2, 0) is 17.8 Å². The van der Waals surface area contributed by atoms with Crippen LogP contribution in [0.2, 0.25) is 0 Å². The second kappa shape index (κ2) is 9.17. The maximum absolute atomic E-state index is 13.0. The summed E-state index contributed by atoms with van der Waals surface area (Å²) in [6.45, 7) is 7.14. The molecule has 26 heavy (non-hydrogen) atoms. The summed E-state index contributed by atoms with van der Waals surface area (Å²) in [5, 5.41) is 0. The molecule has 1 heterocycles. The Labute approximate surface area is 155 Å². The fourth-order valence-corrected chi connectivity index (χ4v) is 2.92. The van der Waals surface area contributed by atoms with Gasteiger partial charge in [-0.15, -0.1) is 0 Å². The summed E-state index contributed by atoms with van der Waals surface area (Å²) in [7, 11) is 1.64. The molecule has 0 saturated heterocycles. The molecule has 0 saturated carbocycles. The number of unbranched alkanes of at least 4 members (excludes halogenated alkanes) is 1. The first kappa shape index (κ1) is 19.7. The quantitative estimate of drug-likeness (QED) is 0.786. The molecule has 0 fully saturated rings. The second-order valence-electron chi connectivity index (χ2n) is 6.43. The van der Waals surface area contributed by atoms with E-state index in [9.17, 15) is 4.79 Å². The number of amides is 1. The van der Waals surface area contributed by atoms with Crippen LogP contribution in [0.15, 0.2) is 24.3 Å². The van der Waals surface area contributed by atoms with Crippen LogP contribution in [0.25, 0.3) is 0 Å². The van der Waals surface area contributed by atoms with E-state index >= 15 is 0 Å². The number of hydrogen-bond donors (Lipinski definition) is 1. The van der Waals surface area contributed by atoms with Crippen LogP contribution in [0.1, 0.15) is 42.3 Å². The largest absolute Gasteiger partial charge is 0.497 e. The van der Waals surface area contributed by atoms with E-state index in [0.29, 0.717) is 6.54 Å². The molecule has 0 atom stereocenters. The minimum Gasteiger partial charge on any atom is -0.497 e. The monoisotopic (exact) mass is 356 g/mol. The average Bonchev–Trinajstić information content (AvgIpc) is 2.61. The first-order valence-electron chi connectivity index (χ1n) is 8.94. The Morgan fingerprint density at radius 1 is 1.23 bits per heavy atom. The molecule has 6 heteroatoms. The van der Waals surface area contributed by atoms with Crippen molar-refractivity contribution in [1.82, 2.24) is 14.9 Å². The molecule has 0 spiro atoms. The van der Waals surface area contributed by atoms with Gasteiger partial charge in [-0.05, 0) is 38.0 Å². The van der Waals surface area contributed by atoms with Crippen molar-refractivity contribution in [2.24, 2.45) is 0 Å². The predicted octanol–water partition coefficient (Wildman–Crippen LogP) is 3.06. The molecule has 0 aliphatic heterocycles. The second-order valence-corrected chi connectivity index (χ2v) is 6.43. The van der Waals surface area contributed by atoms with E-state index in [1.807, 2.05) is 43.0 Å². The number of carbonyl (C=O) groups is 1. The minimum absolute atomic E-state index is 0.0702. The zero-order valence-electron chi connectivity index (χ0n) is 16.1. The molecule has 0 bridgehead atoms. The summed E-state index contributed by atoms with van der Waals surface area (Å²) in [6, 6.07) is 7.82. The van der Waals surface area contributed by atoms with Crippen LogP contribution in [0.4, 0.5) is 5.95 Å². The standard InChI is InChI=1S/C20H28N4O2/c1-5-6-10-24(13-16-8-7-9-17(11-16)26-4)19(25)12-18-14(2)22-20(21)23-15(18)3/h7-9,11H,5-6,10,12-13H2,1-4H3,(H2,21,22,23). The van der Waals surface area contributed by atoms with Crippen molar-refractivity contribution in [3.8, 4) is 5.75 Å². The van der Waals surface area contributed by atoms with E-state index in [1.165, 1.54) is 0 Å². The lowest BCUT2D eigenvalue weighted by Gasteiger charge is -2.23. The Hall–Kier alpha value is -2.63. The van der Waals surface area contributed by atoms with Crippen LogP contribution < -0.4 is 10.5 Å². The van der Waals surface area contributed by atoms with Crippen molar-refractivity contribution in [3.05, 3.63) is 46.8 Å². The van der Waals surface area contributed by atoms with Gasteiger partial charge in [-0.1, -0.05) is 25.5 Å². The number of aromatic nitrogens is 2. The molecule has 0 unspecified atom stereocenters. The van der Waals surface area contributed by atoms with Crippen LogP contribution >= 0.6 is 0 Å². The molecule has 0 aliphatic carbocycles. The van der Waals surface area contributed by atoms with E-state index in [4.69, 9.17) is 10.5 Å². The lowest BCUT2D eigenvalue weighted by Crippen LogP contribution is -2.33. The van der Waals surface area contributed by atoms with E-state index < -0.39 is 0 Å². The fourth-order valence-electron chi connectivity index (χ4n) is 2.92. The van der Waals surface area contributed by atoms with Gasteiger partial charge in [0.2, 0.25) is 11.9 Å². The zero-order valence-corrected chi connectivity index (χ0v) is 16.1. The fraction of sp³-hybridized carbons (Fsp3) is 0.450. The highest BCUT2D eigenvalue weighted by molar-refractivity contribution is 5.79. The lowest BCUT2D eigenvalue weighted by molar-refractivity contribution is -0.131. The molecule has 1 aromatic heterocycles. The SMILES string of the molecule is CCCCN(Cc1cccc(OC)c1)C(=O)Cc1c(C)nc(N)nc1C. The minimum atomic E-state index is 0.0702. The van der Waals surface area contributed by atoms with Crippen molar-refractivity contribution >= 4 is 11.9 Å². The van der Waals surface area contributed by atoms with Gasteiger partial charge in [-0.2, -0.15) is 0 Å². The number of nitrogens with zero attached hydrogens (tertiary/aromatic N) is 3. The Bertz CT molecular complexity index is 738. The van der Waals surface area contributed by atoms with Gasteiger partial charge in [0, 0.05) is 30.0 Å². The Morgan fingerprint density at radius 3 is 2.54 bits per heavy atom. The zero-order chi connectivity index (χ0) is 19.1. The maximum Gasteiger partial charge on any atom is 0.227 e. The number of hydrogen-bond acceptors (Lipinski definition) is 5. The number of anilines is 1. The molecule has 2 N–H and O–H groups in total. The van der Waals surface area contributed by atoms with Gasteiger partial charge in [-0.3, -0.25) is 4.79 Å². The number of carbonyl (C=O) groups excluding carboxylic acids is 1. The average molecular weight is 356 g/mol. The van der Waals surface area contributed by atoms with Gasteiger partial charge in [0.05, 0.1) is 13.5 Å². The number of aryl methyl sites for hydroxylation is 2. The molecule has 0 radical (unpaired) electrons. The van der Waals surface area contributed by atoms with Gasteiger partial charge >= 0.3 is 0 Å². The van der Waals surface area contributed by atoms with E-state index in [0.717, 1.165) is 47.7 Å². The van der Waals surface area contributed by atoms with Crippen LogP contribution in [0.3, 0.4) is 0 Å². The van der Waals surface area contributed by atoms with Crippen molar-refractivity contribution in [2.45, 2.75) is 46.6 Å². The Balaban J connectivity index is 2.18. The number of nitrogens with two attached hydrogens (primary N) is 1. The Morgan fingerprint density at radius 2 is 1.92 bits per heavy atom. The molecular weight excluding hydrogens is 328 g/mol. The van der Waals surface area contributed by atoms with Crippen LogP contribution in [0.5, 0.6) is 5.75 Å². The number of methoxy groups -OCH3 is 1. The number of nitrogen functional groups attached to an aromatic ring is 1. The Kier molecular flexibility index (Phi) is 6.95. The molecular formula is C20H28N4O2. The van der Waals surface area contributed by atoms with Gasteiger partial charge < -0.3 is 15.4 Å². The third-order valence-corrected chi connectivity index (χ3v) is 4.41. The topological polar surface area (TPSA) is 81.3 Å². The van der Waals surface area contributed by atoms with E-state index in [-0.39, 0.29) is 18.3 Å². The van der Waals surface area contributed by atoms with Crippen molar-refractivity contribution in [3.63, 3.8) is 0 Å². The van der Waals surface area contributed by atoms with Crippen molar-refractivity contribution in [1.29, 1.82) is 0 Å². The highest BCUT2D eigenvalue weighted by atomic mass is 16.5. The summed E-state index contributed by atoms with van der Waals surface area (Å²) in [5.41, 5.74) is 9.12. The molecule has 6 nitrogen and oxygen atoms in total. The summed E-state index contributed by atoms with van der Waals surface area (Å²) < 4.78 is 5.28. The highest BCUT2D eigenvalue weighted by Gasteiger charge is 2.18. The third kappa shape index (κ3) is 5.18. The predicted molar refractivity (Wildman–Crippen MR) is 103 cm³/mol. The third-order valence-electron chi connectivity index (χ3n) is 4.41. The number of benzene rings is 1. The molecule has 1 aromatic carbocycles. The number of rotatable bonds is 8. The molecule has 1 amide bonds. The van der Waals surface area contributed by atoms with E-state index in [2.05, 4.69) is 16.9 Å². The van der Waals surface area contributed by atoms with Crippen molar-refractivity contribution in [2.75, 3.05) is 19.4 Å². The first-order valence-corrected chi connectivity index (χ1v) is 8.94. The number of ether oxygens (including phenoxy) is 1. The molecule has 2 aromatic rings. The lowest BCUT2D eigenvalue weighted by atomic mass is 10.1. The summed E-state index contributed by atoms with van der Waals surface area (Å²) in [4.78, 5) is 23.3. The van der Waals surface area contributed by atoms with Gasteiger partial charge in [0.25, 0.3) is 0 Å². The van der Waals surface area contributed by atoms with Crippen LogP contribution in [0, 0.1) is 13.8 Å². The first-order chi connectivity index (χ1) is 12.4. The van der Waals surface area contributed by atoms with Gasteiger partial charge in [0.15, 0.2) is 0 Å². The molecule has 2 rings (SSSR count). The summed E-state index contributed by atoms with van der Waals surface area (Å²) >= 11 is 0. The molecule has 140 valence electrons. The van der Waals surface area contributed by atoms with Gasteiger partial charge in [-0.25, -0.2) is 9.97 Å². The van der Waals surface area contributed by atoms with Crippen LogP contribution in [-0.4, -0.2) is 34.4 Å². The van der Waals surface area contributed by atoms with Gasteiger partial charge in [0.1, 0.15) is 5.75 Å². The molecule has 0 aliphatic rings. The smallest absolute Gasteiger partial charge is 0.227 e.